The highest BCUT2D eigenvalue weighted by atomic mass is 32.2. The van der Waals surface area contributed by atoms with Crippen molar-refractivity contribution in [1.29, 1.82) is 0 Å². The monoisotopic (exact) mass is 362 g/mol. The Morgan fingerprint density at radius 1 is 1.20 bits per heavy atom. The quantitative estimate of drug-likeness (QED) is 0.873. The molecule has 2 aliphatic heterocycles. The summed E-state index contributed by atoms with van der Waals surface area (Å²) in [7, 11) is 0. The highest BCUT2D eigenvalue weighted by Gasteiger charge is 2.51. The van der Waals surface area contributed by atoms with Crippen LogP contribution >= 0.6 is 11.8 Å². The van der Waals surface area contributed by atoms with Crippen molar-refractivity contribution in [2.75, 3.05) is 31.1 Å². The summed E-state index contributed by atoms with van der Waals surface area (Å²) in [6.45, 7) is 3.14. The van der Waals surface area contributed by atoms with Crippen molar-refractivity contribution in [3.63, 3.8) is 0 Å². The number of hydrogen-bond acceptors (Lipinski definition) is 3. The van der Waals surface area contributed by atoms with Crippen LogP contribution in [0.15, 0.2) is 24.3 Å². The van der Waals surface area contributed by atoms with Gasteiger partial charge in [0.25, 0.3) is 0 Å². The van der Waals surface area contributed by atoms with E-state index in [1.807, 2.05) is 0 Å². The van der Waals surface area contributed by atoms with Gasteiger partial charge in [0.05, 0.1) is 5.41 Å². The molecule has 136 valence electrons. The molecule has 1 aromatic carbocycles. The first-order chi connectivity index (χ1) is 12.2. The Hall–Kier alpha value is -1.07. The van der Waals surface area contributed by atoms with Gasteiger partial charge in [0.15, 0.2) is 0 Å². The number of nitrogens with one attached hydrogen (secondary N) is 1. The maximum atomic E-state index is 13.1. The highest BCUT2D eigenvalue weighted by molar-refractivity contribution is 7.99. The Labute approximate surface area is 153 Å². The van der Waals surface area contributed by atoms with Crippen LogP contribution in [-0.2, 0) is 10.2 Å². The zero-order valence-corrected chi connectivity index (χ0v) is 15.5. The molecule has 1 aliphatic carbocycles. The zero-order valence-electron chi connectivity index (χ0n) is 14.7. The van der Waals surface area contributed by atoms with Gasteiger partial charge in [-0.05, 0) is 74.6 Å². The summed E-state index contributed by atoms with van der Waals surface area (Å²) in [5, 5.41) is 3.20. The van der Waals surface area contributed by atoms with E-state index in [9.17, 15) is 9.18 Å². The van der Waals surface area contributed by atoms with Crippen LogP contribution in [0.3, 0.4) is 0 Å². The Kier molecular flexibility index (Phi) is 5.05. The zero-order chi connectivity index (χ0) is 17.3. The summed E-state index contributed by atoms with van der Waals surface area (Å²) < 4.78 is 13.1. The van der Waals surface area contributed by atoms with Gasteiger partial charge in [0.2, 0.25) is 5.91 Å². The maximum Gasteiger partial charge on any atom is 0.230 e. The number of carbonyl (C=O) groups excluding carboxylic acids is 1. The molecule has 1 amide bonds. The van der Waals surface area contributed by atoms with Gasteiger partial charge in [-0.1, -0.05) is 12.1 Å². The molecule has 0 bridgehead atoms. The minimum atomic E-state index is -0.393. The lowest BCUT2D eigenvalue weighted by atomic mass is 9.93. The molecule has 0 radical (unpaired) electrons. The van der Waals surface area contributed by atoms with E-state index in [0.29, 0.717) is 5.92 Å². The van der Waals surface area contributed by atoms with Crippen LogP contribution in [-0.4, -0.2) is 48.0 Å². The molecule has 1 N–H and O–H groups in total. The van der Waals surface area contributed by atoms with E-state index in [0.717, 1.165) is 31.0 Å². The second-order valence-corrected chi connectivity index (χ2v) is 8.95. The van der Waals surface area contributed by atoms with Gasteiger partial charge < -0.3 is 5.32 Å². The normalized spacial score (nSPS) is 26.5. The van der Waals surface area contributed by atoms with Crippen molar-refractivity contribution >= 4 is 17.7 Å². The average Bonchev–Trinajstić information content (AvgIpc) is 3.27. The molecule has 5 heteroatoms. The number of amides is 1. The second-order valence-electron chi connectivity index (χ2n) is 7.80. The Morgan fingerprint density at radius 2 is 1.92 bits per heavy atom. The molecule has 2 heterocycles. The maximum absolute atomic E-state index is 13.1. The van der Waals surface area contributed by atoms with Gasteiger partial charge in [0.1, 0.15) is 5.82 Å². The number of carbonyl (C=O) groups is 1. The minimum absolute atomic E-state index is 0.133. The smallest absolute Gasteiger partial charge is 0.230 e. The van der Waals surface area contributed by atoms with Crippen LogP contribution in [0.25, 0.3) is 0 Å². The fraction of sp³-hybridized carbons (Fsp3) is 0.650. The van der Waals surface area contributed by atoms with E-state index in [1.54, 1.807) is 12.1 Å². The number of likely N-dealkylation sites (tertiary alicyclic amines) is 1. The molecule has 25 heavy (non-hydrogen) atoms. The molecule has 3 aliphatic rings. The summed E-state index contributed by atoms with van der Waals surface area (Å²) >= 11 is 2.08. The van der Waals surface area contributed by atoms with E-state index < -0.39 is 5.41 Å². The molecule has 2 saturated heterocycles. The number of rotatable bonds is 5. The SMILES string of the molecule is O=C(NCC1CCN([C@H]2CCSC2)CC1)C1(c2ccc(F)cc2)CC1. The molecule has 1 atom stereocenters. The summed E-state index contributed by atoms with van der Waals surface area (Å²) in [5.41, 5.74) is 0.565. The molecular formula is C20H27FN2OS. The van der Waals surface area contributed by atoms with Crippen molar-refractivity contribution < 1.29 is 9.18 Å². The molecule has 3 nitrogen and oxygen atoms in total. The van der Waals surface area contributed by atoms with E-state index in [2.05, 4.69) is 22.0 Å². The van der Waals surface area contributed by atoms with Crippen molar-refractivity contribution in [3.8, 4) is 0 Å². The number of thioether (sulfide) groups is 1. The van der Waals surface area contributed by atoms with E-state index >= 15 is 0 Å². The van der Waals surface area contributed by atoms with Gasteiger partial charge in [-0.15, -0.1) is 0 Å². The third-order valence-corrected chi connectivity index (χ3v) is 7.35. The van der Waals surface area contributed by atoms with E-state index in [4.69, 9.17) is 0 Å². The van der Waals surface area contributed by atoms with Crippen molar-refractivity contribution in [2.45, 2.75) is 43.6 Å². The molecule has 1 aromatic rings. The Balaban J connectivity index is 1.26. The van der Waals surface area contributed by atoms with Crippen LogP contribution in [0, 0.1) is 11.7 Å². The van der Waals surface area contributed by atoms with Crippen molar-refractivity contribution in [2.24, 2.45) is 5.92 Å². The first-order valence-corrected chi connectivity index (χ1v) is 10.7. The van der Waals surface area contributed by atoms with Crippen molar-refractivity contribution in [1.82, 2.24) is 10.2 Å². The third-order valence-electron chi connectivity index (χ3n) is 6.20. The van der Waals surface area contributed by atoms with Crippen molar-refractivity contribution in [3.05, 3.63) is 35.6 Å². The standard InChI is InChI=1S/C20H27FN2OS/c21-17-3-1-16(2-4-17)20(8-9-20)19(24)22-13-15-5-10-23(11-6-15)18-7-12-25-14-18/h1-4,15,18H,5-14H2,(H,22,24)/t18-/m0/s1. The second kappa shape index (κ2) is 7.28. The molecule has 0 spiro atoms. The first kappa shape index (κ1) is 17.3. The molecule has 1 saturated carbocycles. The topological polar surface area (TPSA) is 32.3 Å². The molecule has 4 rings (SSSR count). The number of hydrogen-bond donors (Lipinski definition) is 1. The Bertz CT molecular complexity index is 603. The number of piperidine rings is 1. The van der Waals surface area contributed by atoms with Crippen LogP contribution in [0.4, 0.5) is 4.39 Å². The lowest BCUT2D eigenvalue weighted by molar-refractivity contribution is -0.123. The average molecular weight is 363 g/mol. The molecule has 3 fully saturated rings. The largest absolute Gasteiger partial charge is 0.355 e. The number of halogens is 1. The van der Waals surface area contributed by atoms with Gasteiger partial charge in [-0.25, -0.2) is 4.39 Å². The molecule has 0 aromatic heterocycles. The van der Waals surface area contributed by atoms with Crippen LogP contribution in [0.1, 0.15) is 37.7 Å². The van der Waals surface area contributed by atoms with Gasteiger partial charge >= 0.3 is 0 Å². The summed E-state index contributed by atoms with van der Waals surface area (Å²) in [6.07, 6.45) is 5.47. The predicted molar refractivity (Wildman–Crippen MR) is 100 cm³/mol. The fourth-order valence-corrected chi connectivity index (χ4v) is 5.53. The Morgan fingerprint density at radius 3 is 2.52 bits per heavy atom. The van der Waals surface area contributed by atoms with E-state index in [1.165, 1.54) is 56.0 Å². The molecular weight excluding hydrogens is 335 g/mol. The molecule has 0 unspecified atom stereocenters. The number of nitrogens with zero attached hydrogens (tertiary/aromatic N) is 1. The lowest BCUT2D eigenvalue weighted by Crippen LogP contribution is -2.44. The minimum Gasteiger partial charge on any atom is -0.355 e. The van der Waals surface area contributed by atoms with E-state index in [-0.39, 0.29) is 11.7 Å². The first-order valence-electron chi connectivity index (χ1n) is 9.53. The summed E-state index contributed by atoms with van der Waals surface area (Å²) in [5.74, 6) is 3.09. The lowest BCUT2D eigenvalue weighted by Gasteiger charge is -2.35. The third kappa shape index (κ3) is 3.72. The van der Waals surface area contributed by atoms with Crippen LogP contribution in [0.2, 0.25) is 0 Å². The van der Waals surface area contributed by atoms with Gasteiger partial charge in [0, 0.05) is 18.3 Å². The van der Waals surface area contributed by atoms with Gasteiger partial charge in [-0.2, -0.15) is 11.8 Å². The van der Waals surface area contributed by atoms with Crippen LogP contribution in [0.5, 0.6) is 0 Å². The highest BCUT2D eigenvalue weighted by Crippen LogP contribution is 2.48. The fourth-order valence-electron chi connectivity index (χ4n) is 4.28. The van der Waals surface area contributed by atoms with Crippen LogP contribution < -0.4 is 5.32 Å². The van der Waals surface area contributed by atoms with Gasteiger partial charge in [-0.3, -0.25) is 9.69 Å². The number of benzene rings is 1. The summed E-state index contributed by atoms with van der Waals surface area (Å²) in [6, 6.07) is 7.23. The summed E-state index contributed by atoms with van der Waals surface area (Å²) in [4.78, 5) is 15.4. The predicted octanol–water partition coefficient (Wildman–Crippen LogP) is 3.19.